The van der Waals surface area contributed by atoms with E-state index >= 15 is 0 Å². The van der Waals surface area contributed by atoms with Gasteiger partial charge in [-0.05, 0) is 44.3 Å². The van der Waals surface area contributed by atoms with E-state index in [4.69, 9.17) is 35.4 Å². The number of benzene rings is 1. The second kappa shape index (κ2) is 6.43. The SMILES string of the molecule is CCn1ncc(NC(=S)Nc2cc(Cl)ccc2Cl)c1C. The lowest BCUT2D eigenvalue weighted by atomic mass is 10.3. The summed E-state index contributed by atoms with van der Waals surface area (Å²) in [5, 5.41) is 11.9. The Labute approximate surface area is 133 Å². The Bertz CT molecular complexity index is 639. The molecule has 0 unspecified atom stereocenters. The predicted octanol–water partition coefficient (Wildman–Crippen LogP) is 4.33. The number of hydrogen-bond acceptors (Lipinski definition) is 2. The summed E-state index contributed by atoms with van der Waals surface area (Å²) in [6.07, 6.45) is 1.74. The van der Waals surface area contributed by atoms with Crippen LogP contribution in [-0.2, 0) is 6.54 Å². The summed E-state index contributed by atoms with van der Waals surface area (Å²) in [5.41, 5.74) is 2.55. The van der Waals surface area contributed by atoms with Crippen LogP contribution in [0.15, 0.2) is 24.4 Å². The van der Waals surface area contributed by atoms with Crippen LogP contribution in [0.25, 0.3) is 0 Å². The molecule has 2 aromatic rings. The maximum absolute atomic E-state index is 6.08. The fraction of sp³-hybridized carbons (Fsp3) is 0.231. The quantitative estimate of drug-likeness (QED) is 0.823. The van der Waals surface area contributed by atoms with E-state index in [1.807, 2.05) is 18.5 Å². The van der Waals surface area contributed by atoms with Gasteiger partial charge in [0, 0.05) is 11.6 Å². The molecule has 0 saturated heterocycles. The van der Waals surface area contributed by atoms with Gasteiger partial charge in [0.2, 0.25) is 0 Å². The molecular formula is C13H14Cl2N4S. The van der Waals surface area contributed by atoms with Crippen molar-refractivity contribution in [2.75, 3.05) is 10.6 Å². The molecule has 7 heteroatoms. The normalized spacial score (nSPS) is 10.4. The number of nitrogens with zero attached hydrogens (tertiary/aromatic N) is 2. The summed E-state index contributed by atoms with van der Waals surface area (Å²) < 4.78 is 1.89. The van der Waals surface area contributed by atoms with E-state index < -0.39 is 0 Å². The highest BCUT2D eigenvalue weighted by molar-refractivity contribution is 7.80. The number of aryl methyl sites for hydroxylation is 1. The number of rotatable bonds is 3. The minimum atomic E-state index is 0.438. The molecule has 0 aliphatic rings. The van der Waals surface area contributed by atoms with Gasteiger partial charge < -0.3 is 10.6 Å². The standard InChI is InChI=1S/C13H14Cl2N4S/c1-3-19-8(2)12(7-16-19)18-13(20)17-11-6-9(14)4-5-10(11)15/h4-7H,3H2,1-2H3,(H2,17,18,20). The van der Waals surface area contributed by atoms with E-state index in [9.17, 15) is 0 Å². The number of hydrogen-bond donors (Lipinski definition) is 2. The molecule has 20 heavy (non-hydrogen) atoms. The molecule has 0 saturated carbocycles. The summed E-state index contributed by atoms with van der Waals surface area (Å²) in [6.45, 7) is 4.83. The molecule has 2 N–H and O–H groups in total. The minimum Gasteiger partial charge on any atom is -0.331 e. The molecule has 106 valence electrons. The summed E-state index contributed by atoms with van der Waals surface area (Å²) in [4.78, 5) is 0. The summed E-state index contributed by atoms with van der Waals surface area (Å²) in [5.74, 6) is 0. The molecule has 1 heterocycles. The number of thiocarbonyl (C=S) groups is 1. The maximum Gasteiger partial charge on any atom is 0.175 e. The van der Waals surface area contributed by atoms with Crippen LogP contribution < -0.4 is 10.6 Å². The third kappa shape index (κ3) is 3.42. The summed E-state index contributed by atoms with van der Waals surface area (Å²) in [6, 6.07) is 5.16. The lowest BCUT2D eigenvalue weighted by Gasteiger charge is -2.11. The zero-order valence-electron chi connectivity index (χ0n) is 11.1. The molecule has 1 aromatic carbocycles. The van der Waals surface area contributed by atoms with E-state index in [2.05, 4.69) is 15.7 Å². The average Bonchev–Trinajstić information content (AvgIpc) is 2.75. The van der Waals surface area contributed by atoms with Crippen molar-refractivity contribution in [2.45, 2.75) is 20.4 Å². The smallest absolute Gasteiger partial charge is 0.175 e. The first-order valence-corrected chi connectivity index (χ1v) is 7.23. The zero-order chi connectivity index (χ0) is 14.7. The fourth-order valence-electron chi connectivity index (χ4n) is 1.76. The average molecular weight is 329 g/mol. The van der Waals surface area contributed by atoms with Crippen LogP contribution in [0.1, 0.15) is 12.6 Å². The highest BCUT2D eigenvalue weighted by Gasteiger charge is 2.08. The van der Waals surface area contributed by atoms with Crippen LogP contribution in [0.2, 0.25) is 10.0 Å². The number of anilines is 2. The van der Waals surface area contributed by atoms with Crippen LogP contribution in [0.4, 0.5) is 11.4 Å². The third-order valence-electron chi connectivity index (χ3n) is 2.83. The van der Waals surface area contributed by atoms with Gasteiger partial charge >= 0.3 is 0 Å². The highest BCUT2D eigenvalue weighted by Crippen LogP contribution is 2.25. The molecular weight excluding hydrogens is 315 g/mol. The first-order chi connectivity index (χ1) is 9.51. The molecule has 0 bridgehead atoms. The van der Waals surface area contributed by atoms with Crippen molar-refractivity contribution in [3.05, 3.63) is 40.1 Å². The number of aromatic nitrogens is 2. The summed E-state index contributed by atoms with van der Waals surface area (Å²) >= 11 is 17.3. The molecule has 0 amide bonds. The Hall–Kier alpha value is -1.30. The zero-order valence-corrected chi connectivity index (χ0v) is 13.4. The lowest BCUT2D eigenvalue weighted by Crippen LogP contribution is -2.19. The lowest BCUT2D eigenvalue weighted by molar-refractivity contribution is 0.640. The molecule has 0 fully saturated rings. The molecule has 0 atom stereocenters. The molecule has 0 aliphatic heterocycles. The van der Waals surface area contributed by atoms with Gasteiger partial charge in [0.1, 0.15) is 0 Å². The first-order valence-electron chi connectivity index (χ1n) is 6.06. The van der Waals surface area contributed by atoms with Crippen molar-refractivity contribution >= 4 is 51.9 Å². The second-order valence-electron chi connectivity index (χ2n) is 4.16. The van der Waals surface area contributed by atoms with Crippen molar-refractivity contribution in [2.24, 2.45) is 0 Å². The molecule has 0 radical (unpaired) electrons. The Balaban J connectivity index is 2.09. The van der Waals surface area contributed by atoms with Crippen LogP contribution in [0.3, 0.4) is 0 Å². The van der Waals surface area contributed by atoms with Gasteiger partial charge in [0.25, 0.3) is 0 Å². The second-order valence-corrected chi connectivity index (χ2v) is 5.41. The molecule has 1 aromatic heterocycles. The van der Waals surface area contributed by atoms with Crippen LogP contribution in [-0.4, -0.2) is 14.9 Å². The van der Waals surface area contributed by atoms with E-state index in [1.165, 1.54) is 0 Å². The van der Waals surface area contributed by atoms with Crippen LogP contribution in [0, 0.1) is 6.92 Å². The van der Waals surface area contributed by atoms with Gasteiger partial charge in [0.05, 0.1) is 28.3 Å². The van der Waals surface area contributed by atoms with Crippen molar-refractivity contribution in [1.29, 1.82) is 0 Å². The molecule has 2 rings (SSSR count). The van der Waals surface area contributed by atoms with Gasteiger partial charge in [-0.15, -0.1) is 0 Å². The van der Waals surface area contributed by atoms with Gasteiger partial charge in [0.15, 0.2) is 5.11 Å². The van der Waals surface area contributed by atoms with E-state index in [-0.39, 0.29) is 0 Å². The van der Waals surface area contributed by atoms with Crippen LogP contribution in [0.5, 0.6) is 0 Å². The van der Waals surface area contributed by atoms with Crippen molar-refractivity contribution in [1.82, 2.24) is 9.78 Å². The Morgan fingerprint density at radius 3 is 2.65 bits per heavy atom. The molecule has 0 aliphatic carbocycles. The van der Waals surface area contributed by atoms with Gasteiger partial charge in [-0.3, -0.25) is 4.68 Å². The van der Waals surface area contributed by atoms with E-state index in [1.54, 1.807) is 24.4 Å². The van der Waals surface area contributed by atoms with Crippen LogP contribution >= 0.6 is 35.4 Å². The Morgan fingerprint density at radius 2 is 2.00 bits per heavy atom. The Kier molecular flexibility index (Phi) is 4.86. The van der Waals surface area contributed by atoms with E-state index in [0.717, 1.165) is 17.9 Å². The molecule has 0 spiro atoms. The van der Waals surface area contributed by atoms with Crippen molar-refractivity contribution < 1.29 is 0 Å². The largest absolute Gasteiger partial charge is 0.331 e. The highest BCUT2D eigenvalue weighted by atomic mass is 35.5. The number of halogens is 2. The fourth-order valence-corrected chi connectivity index (χ4v) is 2.31. The van der Waals surface area contributed by atoms with Gasteiger partial charge in [-0.1, -0.05) is 23.2 Å². The first kappa shape index (κ1) is 15.1. The minimum absolute atomic E-state index is 0.438. The van der Waals surface area contributed by atoms with Gasteiger partial charge in [-0.2, -0.15) is 5.10 Å². The van der Waals surface area contributed by atoms with Crippen molar-refractivity contribution in [3.8, 4) is 0 Å². The Morgan fingerprint density at radius 1 is 1.30 bits per heavy atom. The van der Waals surface area contributed by atoms with E-state index in [0.29, 0.717) is 20.8 Å². The monoisotopic (exact) mass is 328 g/mol. The van der Waals surface area contributed by atoms with Crippen molar-refractivity contribution in [3.63, 3.8) is 0 Å². The predicted molar refractivity (Wildman–Crippen MR) is 88.9 cm³/mol. The maximum atomic E-state index is 6.08. The summed E-state index contributed by atoms with van der Waals surface area (Å²) in [7, 11) is 0. The molecule has 4 nitrogen and oxygen atoms in total. The third-order valence-corrected chi connectivity index (χ3v) is 3.60. The topological polar surface area (TPSA) is 41.9 Å². The van der Waals surface area contributed by atoms with Gasteiger partial charge in [-0.25, -0.2) is 0 Å². The number of nitrogens with one attached hydrogen (secondary N) is 2.